The van der Waals surface area contributed by atoms with E-state index in [1.54, 1.807) is 0 Å². The average Bonchev–Trinajstić information content (AvgIpc) is 1.62. The Kier molecular flexibility index (Phi) is 20.3. The maximum absolute atomic E-state index is 7.84. The Morgan fingerprint density at radius 2 is 0.450 bits per heavy atom. The van der Waals surface area contributed by atoms with E-state index in [1.807, 2.05) is 0 Å². The maximum Gasteiger partial charge on any atom is 0.252 e. The van der Waals surface area contributed by atoms with Crippen LogP contribution in [0.4, 0.5) is 34.1 Å². The molecule has 149 heavy (non-hydrogen) atoms. The van der Waals surface area contributed by atoms with Crippen LogP contribution in [0.5, 0.6) is 0 Å². The van der Waals surface area contributed by atoms with Crippen LogP contribution in [0.25, 0.3) is 232 Å². The predicted octanol–water partition coefficient (Wildman–Crippen LogP) is 37.1. The summed E-state index contributed by atoms with van der Waals surface area (Å²) in [5, 5.41) is 8.60. The second kappa shape index (κ2) is 34.9. The SMILES string of the molecule is CC(C)(C)c1cc2c3c(c1)N(c1c(-c4cccc(-c5ccccc5)c4)cc(-c4cccc(-c5ccccc5)c4)c4oc5ccccc5c14)c1cc(-n4c5ccc(-c6ccccc6)cc5c5cc(-c6ccccc6)ccc54)ccc1B3c1ccc(-n3c4ccc(-c5ccccc5)cc4c4cc(-c5ccccc5)ccc43)cc1N2c1c(-c2cccc(-c3ccccc3)c2)cc(-c2cccc(-c3ccccc3)c2)c2oc3ccccc3c12. The lowest BCUT2D eigenvalue weighted by Crippen LogP contribution is -2.61. The van der Waals surface area contributed by atoms with Crippen LogP contribution in [-0.2, 0) is 5.41 Å². The molecule has 0 N–H and O–H groups in total. The van der Waals surface area contributed by atoms with E-state index in [0.717, 1.165) is 288 Å². The van der Waals surface area contributed by atoms with Crippen molar-refractivity contribution in [2.45, 2.75) is 26.2 Å². The van der Waals surface area contributed by atoms with Gasteiger partial charge in [0.05, 0.1) is 44.2 Å². The summed E-state index contributed by atoms with van der Waals surface area (Å²) in [6.45, 7) is 6.77. The van der Waals surface area contributed by atoms with E-state index < -0.39 is 12.1 Å². The van der Waals surface area contributed by atoms with Crippen molar-refractivity contribution in [2.75, 3.05) is 9.80 Å². The van der Waals surface area contributed by atoms with Crippen LogP contribution >= 0.6 is 0 Å². The summed E-state index contributed by atoms with van der Waals surface area (Å²) in [5.41, 5.74) is 46.0. The van der Waals surface area contributed by atoms with Crippen LogP contribution in [-0.4, -0.2) is 15.8 Å². The van der Waals surface area contributed by atoms with E-state index >= 15 is 0 Å². The van der Waals surface area contributed by atoms with Gasteiger partial charge < -0.3 is 27.8 Å². The summed E-state index contributed by atoms with van der Waals surface area (Å²) in [6, 6.07) is 195. The lowest BCUT2D eigenvalue weighted by molar-refractivity contribution is 0.590. The highest BCUT2D eigenvalue weighted by Gasteiger charge is 2.47. The van der Waals surface area contributed by atoms with Gasteiger partial charge in [-0.15, -0.1) is 0 Å². The number of hydrogen-bond donors (Lipinski definition) is 0. The van der Waals surface area contributed by atoms with Gasteiger partial charge in [0, 0.05) is 88.7 Å². The third-order valence-electron chi connectivity index (χ3n) is 31.2. The number of aromatic nitrogens is 2. The molecule has 27 aromatic rings. The van der Waals surface area contributed by atoms with Crippen molar-refractivity contribution in [1.29, 1.82) is 0 Å². The zero-order chi connectivity index (χ0) is 98.6. The van der Waals surface area contributed by atoms with Crippen LogP contribution in [0.15, 0.2) is 531 Å². The van der Waals surface area contributed by atoms with Gasteiger partial charge in [0.25, 0.3) is 6.71 Å². The van der Waals surface area contributed by atoms with E-state index in [9.17, 15) is 0 Å². The monoisotopic (exact) mass is 1900 g/mol. The Balaban J connectivity index is 0.786. The van der Waals surface area contributed by atoms with E-state index in [1.165, 1.54) is 0 Å². The van der Waals surface area contributed by atoms with Crippen LogP contribution in [0, 0.1) is 0 Å². The van der Waals surface area contributed by atoms with Crippen LogP contribution < -0.4 is 26.2 Å². The summed E-state index contributed by atoms with van der Waals surface area (Å²) in [4.78, 5) is 5.46. The Hall–Kier alpha value is -19.1. The van der Waals surface area contributed by atoms with Gasteiger partial charge in [0.15, 0.2) is 0 Å². The second-order valence-corrected chi connectivity index (χ2v) is 40.9. The van der Waals surface area contributed by atoms with Crippen molar-refractivity contribution in [3.63, 3.8) is 0 Å². The molecule has 4 aromatic heterocycles. The topological polar surface area (TPSA) is 42.6 Å². The van der Waals surface area contributed by atoms with Crippen molar-refractivity contribution in [2.24, 2.45) is 0 Å². The average molecular weight is 1900 g/mol. The molecular weight excluding hydrogens is 1800 g/mol. The first-order valence-corrected chi connectivity index (χ1v) is 51.6. The molecule has 6 nitrogen and oxygen atoms in total. The number of furan rings is 2. The fourth-order valence-electron chi connectivity index (χ4n) is 24.1. The molecule has 0 saturated carbocycles. The molecule has 2 aliphatic rings. The molecule has 0 spiro atoms. The van der Waals surface area contributed by atoms with Crippen LogP contribution in [0.1, 0.15) is 26.3 Å². The van der Waals surface area contributed by atoms with Gasteiger partial charge in [-0.3, -0.25) is 0 Å². The molecule has 23 aromatic carbocycles. The molecule has 698 valence electrons. The zero-order valence-corrected chi connectivity index (χ0v) is 82.3. The lowest BCUT2D eigenvalue weighted by Gasteiger charge is -2.46. The molecular formula is C142H95BN4O2. The quantitative estimate of drug-likeness (QED) is 0.0904. The minimum atomic E-state index is -0.515. The first kappa shape index (κ1) is 86.6. The molecule has 0 atom stereocenters. The summed E-state index contributed by atoms with van der Waals surface area (Å²) in [6.07, 6.45) is 0. The van der Waals surface area contributed by atoms with Gasteiger partial charge in [0.1, 0.15) is 22.3 Å². The van der Waals surface area contributed by atoms with Gasteiger partial charge in [-0.2, -0.15) is 0 Å². The van der Waals surface area contributed by atoms with E-state index in [0.29, 0.717) is 0 Å². The smallest absolute Gasteiger partial charge is 0.252 e. The van der Waals surface area contributed by atoms with Crippen LogP contribution in [0.2, 0.25) is 0 Å². The van der Waals surface area contributed by atoms with Crippen LogP contribution in [0.3, 0.4) is 0 Å². The largest absolute Gasteiger partial charge is 0.455 e. The molecule has 29 rings (SSSR count). The Morgan fingerprint density at radius 3 is 0.738 bits per heavy atom. The van der Waals surface area contributed by atoms with Gasteiger partial charge in [-0.05, 0) is 272 Å². The predicted molar refractivity (Wildman–Crippen MR) is 628 cm³/mol. The number of anilines is 6. The van der Waals surface area contributed by atoms with Crippen molar-refractivity contribution in [3.8, 4) is 145 Å². The fourth-order valence-corrected chi connectivity index (χ4v) is 24.1. The summed E-state index contributed by atoms with van der Waals surface area (Å²) in [5.74, 6) is 0. The fraction of sp³-hybridized carbons (Fsp3) is 0.0282. The Morgan fingerprint density at radius 1 is 0.195 bits per heavy atom. The molecule has 0 aliphatic carbocycles. The number of benzene rings is 23. The minimum Gasteiger partial charge on any atom is -0.455 e. The maximum atomic E-state index is 7.84. The molecule has 0 fully saturated rings. The molecule has 2 aliphatic heterocycles. The van der Waals surface area contributed by atoms with E-state index in [-0.39, 0.29) is 0 Å². The number of fused-ring (bicyclic) bond motifs is 16. The minimum absolute atomic E-state index is 0.447. The molecule has 6 heterocycles. The first-order valence-electron chi connectivity index (χ1n) is 51.6. The Bertz CT molecular complexity index is 9300. The summed E-state index contributed by atoms with van der Waals surface area (Å²) < 4.78 is 20.8. The molecule has 0 bridgehead atoms. The second-order valence-electron chi connectivity index (χ2n) is 40.9. The standard InChI is InChI=1S/C142H95BN4O2/c1-142(2,3)110-84-131-137-132(85-110)147(139-116(107-57-33-53-99(77-107)91-38-14-5-15-39-91)89-118(141-136(139)114-61-29-31-63-134(114)149-141)109-59-35-55-101(79-109)93-42-18-7-19-43-93)130-87-112(145-127-74-66-104(96-48-24-10-25-49-96)82-121(127)122-83-105(67-75-128(122)145)97-50-26-11-27-51-97)69-71-124(130)143(137)123-70-68-111(144-125-72-64-102(94-44-20-8-21-45-94)80-119(125)120-81-103(65-73-126(120)144)95-46-22-9-23-47-95)86-129(123)146(131)138-115(106-56-32-52-98(76-106)90-36-12-4-13-37-90)88-117(140-135(138)113-60-28-30-62-133(113)148-140)108-58-34-54-100(78-108)92-40-16-6-17-41-92/h4-89H,1-3H3. The number of hydrogen-bond acceptors (Lipinski definition) is 4. The molecule has 0 saturated heterocycles. The van der Waals surface area contributed by atoms with Crippen molar-refractivity contribution >= 4 is 145 Å². The van der Waals surface area contributed by atoms with Gasteiger partial charge in [-0.1, -0.05) is 409 Å². The highest BCUT2D eigenvalue weighted by atomic mass is 16.3. The molecule has 0 radical (unpaired) electrons. The lowest BCUT2D eigenvalue weighted by atomic mass is 9.33. The third kappa shape index (κ3) is 14.5. The first-order chi connectivity index (χ1) is 73.5. The molecule has 7 heteroatoms. The van der Waals surface area contributed by atoms with E-state index in [4.69, 9.17) is 8.83 Å². The van der Waals surface area contributed by atoms with Crippen molar-refractivity contribution in [1.82, 2.24) is 9.13 Å². The molecule has 0 amide bonds. The number of para-hydroxylation sites is 2. The number of rotatable bonds is 16. The highest BCUT2D eigenvalue weighted by molar-refractivity contribution is 7.00. The summed E-state index contributed by atoms with van der Waals surface area (Å²) in [7, 11) is 0. The highest BCUT2D eigenvalue weighted by Crippen LogP contribution is 2.59. The van der Waals surface area contributed by atoms with E-state index in [2.05, 4.69) is 561 Å². The van der Waals surface area contributed by atoms with Gasteiger partial charge in [0.2, 0.25) is 0 Å². The molecule has 0 unspecified atom stereocenters. The Labute approximate surface area is 864 Å². The summed E-state index contributed by atoms with van der Waals surface area (Å²) >= 11 is 0. The van der Waals surface area contributed by atoms with Gasteiger partial charge >= 0.3 is 0 Å². The van der Waals surface area contributed by atoms with Gasteiger partial charge in [-0.25, -0.2) is 0 Å². The third-order valence-corrected chi connectivity index (χ3v) is 31.2. The number of nitrogens with zero attached hydrogens (tertiary/aromatic N) is 4. The van der Waals surface area contributed by atoms with Crippen molar-refractivity contribution in [3.05, 3.63) is 527 Å². The zero-order valence-electron chi connectivity index (χ0n) is 82.3. The van der Waals surface area contributed by atoms with Crippen molar-refractivity contribution < 1.29 is 8.83 Å². The normalized spacial score (nSPS) is 12.4.